The van der Waals surface area contributed by atoms with Crippen molar-refractivity contribution in [2.24, 2.45) is 0 Å². The smallest absolute Gasteiger partial charge is 0.137 e. The monoisotopic (exact) mass is 331 g/mol. The Kier molecular flexibility index (Phi) is 10.3. The molecule has 4 heteroatoms. The Morgan fingerprint density at radius 1 is 1.25 bits per heavy atom. The molecule has 0 aliphatic heterocycles. The molecular formula is C20H29NO3. The molecule has 1 aromatic rings. The molecule has 1 rings (SSSR count). The molecule has 0 fully saturated rings. The van der Waals surface area contributed by atoms with Crippen molar-refractivity contribution in [2.45, 2.75) is 32.6 Å². The summed E-state index contributed by atoms with van der Waals surface area (Å²) in [6.45, 7) is 9.60. The fraction of sp³-hybridized carbons (Fsp3) is 0.450. The van der Waals surface area contributed by atoms with Crippen molar-refractivity contribution < 1.29 is 19.5 Å². The second kappa shape index (κ2) is 12.4. The fourth-order valence-corrected chi connectivity index (χ4v) is 2.55. The van der Waals surface area contributed by atoms with Crippen LogP contribution < -0.4 is 14.7 Å². The summed E-state index contributed by atoms with van der Waals surface area (Å²) in [6, 6.07) is 7.41. The minimum absolute atomic E-state index is 0.590. The molecule has 1 atom stereocenters. The van der Waals surface area contributed by atoms with Crippen LogP contribution in [0.2, 0.25) is 0 Å². The number of carboxylic acid groups (broad SMARTS) is 1. The summed E-state index contributed by atoms with van der Waals surface area (Å²) < 4.78 is 5.85. The highest BCUT2D eigenvalue weighted by Gasteiger charge is 2.07. The van der Waals surface area contributed by atoms with E-state index in [0.717, 1.165) is 31.3 Å². The molecule has 0 radical (unpaired) electrons. The molecule has 0 aromatic heterocycles. The Bertz CT molecular complexity index is 525. The summed E-state index contributed by atoms with van der Waals surface area (Å²) >= 11 is 0. The zero-order chi connectivity index (χ0) is 17.6. The molecule has 0 spiro atoms. The number of quaternary nitrogens is 1. The molecule has 1 N–H and O–H groups in total. The highest BCUT2D eigenvalue weighted by atomic mass is 16.5. The number of ether oxygens (including phenoxy) is 1. The Balaban J connectivity index is 2.48. The molecule has 0 amide bonds. The third-order valence-electron chi connectivity index (χ3n) is 3.85. The molecule has 0 bridgehead atoms. The van der Waals surface area contributed by atoms with Gasteiger partial charge < -0.3 is 19.5 Å². The van der Waals surface area contributed by atoms with E-state index in [4.69, 9.17) is 4.74 Å². The zero-order valence-electron chi connectivity index (χ0n) is 14.6. The van der Waals surface area contributed by atoms with Gasteiger partial charge >= 0.3 is 0 Å². The molecule has 0 saturated carbocycles. The second-order valence-electron chi connectivity index (χ2n) is 5.84. The first-order valence-electron chi connectivity index (χ1n) is 8.72. The van der Waals surface area contributed by atoms with E-state index in [1.165, 1.54) is 36.7 Å². The number of rotatable bonds is 13. The van der Waals surface area contributed by atoms with Gasteiger partial charge in [-0.1, -0.05) is 44.5 Å². The van der Waals surface area contributed by atoms with E-state index in [-0.39, 0.29) is 0 Å². The van der Waals surface area contributed by atoms with Crippen molar-refractivity contribution in [1.29, 1.82) is 0 Å². The Morgan fingerprint density at radius 2 is 2.04 bits per heavy atom. The Morgan fingerprint density at radius 3 is 2.75 bits per heavy atom. The number of carbonyl (C=O) groups excluding carboxylic acids is 1. The van der Waals surface area contributed by atoms with E-state index in [0.29, 0.717) is 12.4 Å². The predicted octanol–water partition coefficient (Wildman–Crippen LogP) is 1.48. The molecule has 0 saturated heterocycles. The SMILES string of the molecule is C=CC[NH+](CCCCCC)CCOc1ccccc1/C=C/C(=O)[O-]. The molecule has 24 heavy (non-hydrogen) atoms. The van der Waals surface area contributed by atoms with Crippen LogP contribution in [0.25, 0.3) is 6.08 Å². The maximum atomic E-state index is 10.6. The summed E-state index contributed by atoms with van der Waals surface area (Å²) in [5.74, 6) is -0.516. The number of hydrogen-bond acceptors (Lipinski definition) is 3. The van der Waals surface area contributed by atoms with Crippen LogP contribution in [-0.2, 0) is 4.79 Å². The van der Waals surface area contributed by atoms with Gasteiger partial charge in [0.2, 0.25) is 0 Å². The van der Waals surface area contributed by atoms with Crippen molar-refractivity contribution in [1.82, 2.24) is 0 Å². The average molecular weight is 331 g/mol. The topological polar surface area (TPSA) is 53.8 Å². The normalized spacial score (nSPS) is 12.2. The largest absolute Gasteiger partial charge is 0.545 e. The Hall–Kier alpha value is -2.07. The average Bonchev–Trinajstić information content (AvgIpc) is 2.57. The van der Waals surface area contributed by atoms with E-state index in [2.05, 4.69) is 13.5 Å². The summed E-state index contributed by atoms with van der Waals surface area (Å²) in [7, 11) is 0. The molecule has 0 heterocycles. The highest BCUT2D eigenvalue weighted by Crippen LogP contribution is 2.19. The maximum Gasteiger partial charge on any atom is 0.137 e. The van der Waals surface area contributed by atoms with Gasteiger partial charge in [-0.25, -0.2) is 0 Å². The summed E-state index contributed by atoms with van der Waals surface area (Å²) in [4.78, 5) is 12.0. The van der Waals surface area contributed by atoms with Gasteiger partial charge in [-0.2, -0.15) is 0 Å². The van der Waals surface area contributed by atoms with E-state index in [1.54, 1.807) is 0 Å². The maximum absolute atomic E-state index is 10.6. The standard InChI is InChI=1S/C20H29NO3/c1-3-5-6-9-15-21(14-4-2)16-17-24-19-11-8-7-10-18(19)12-13-20(22)23/h4,7-8,10-13H,2-3,5-6,9,14-17H2,1H3,(H,22,23)/b13-12+. The number of carbonyl (C=O) groups is 1. The molecular weight excluding hydrogens is 302 g/mol. The van der Waals surface area contributed by atoms with E-state index in [9.17, 15) is 9.90 Å². The fourth-order valence-electron chi connectivity index (χ4n) is 2.55. The van der Waals surface area contributed by atoms with Crippen molar-refractivity contribution in [3.05, 3.63) is 48.6 Å². The quantitative estimate of drug-likeness (QED) is 0.338. The van der Waals surface area contributed by atoms with Crippen molar-refractivity contribution >= 4 is 12.0 Å². The van der Waals surface area contributed by atoms with Crippen LogP contribution in [-0.4, -0.2) is 32.2 Å². The van der Waals surface area contributed by atoms with E-state index < -0.39 is 5.97 Å². The lowest BCUT2D eigenvalue weighted by molar-refractivity contribution is -0.894. The van der Waals surface area contributed by atoms with E-state index >= 15 is 0 Å². The minimum Gasteiger partial charge on any atom is -0.545 e. The summed E-state index contributed by atoms with van der Waals surface area (Å²) in [5.41, 5.74) is 0.745. The predicted molar refractivity (Wildman–Crippen MR) is 95.9 cm³/mol. The van der Waals surface area contributed by atoms with Gasteiger partial charge in [0, 0.05) is 5.56 Å². The number of para-hydroxylation sites is 1. The van der Waals surface area contributed by atoms with Gasteiger partial charge in [-0.15, -0.1) is 0 Å². The highest BCUT2D eigenvalue weighted by molar-refractivity contribution is 5.84. The van der Waals surface area contributed by atoms with Crippen LogP contribution in [0.3, 0.4) is 0 Å². The van der Waals surface area contributed by atoms with Crippen LogP contribution in [0, 0.1) is 0 Å². The third kappa shape index (κ3) is 8.53. The van der Waals surface area contributed by atoms with Gasteiger partial charge in [-0.3, -0.25) is 0 Å². The molecule has 4 nitrogen and oxygen atoms in total. The molecule has 1 aromatic carbocycles. The van der Waals surface area contributed by atoms with Gasteiger partial charge in [0.05, 0.1) is 19.1 Å². The number of carboxylic acids is 1. The van der Waals surface area contributed by atoms with Crippen LogP contribution in [0.4, 0.5) is 0 Å². The lowest BCUT2D eigenvalue weighted by Gasteiger charge is -2.18. The molecule has 1 unspecified atom stereocenters. The van der Waals surface area contributed by atoms with Gasteiger partial charge in [0.1, 0.15) is 18.9 Å². The van der Waals surface area contributed by atoms with Crippen LogP contribution in [0.1, 0.15) is 38.2 Å². The Labute approximate surface area is 145 Å². The minimum atomic E-state index is -1.21. The number of benzene rings is 1. The van der Waals surface area contributed by atoms with Crippen LogP contribution >= 0.6 is 0 Å². The van der Waals surface area contributed by atoms with Crippen LogP contribution in [0.5, 0.6) is 5.75 Å². The first kappa shape index (κ1) is 20.0. The zero-order valence-corrected chi connectivity index (χ0v) is 14.6. The summed E-state index contributed by atoms with van der Waals surface area (Å²) in [6.07, 6.45) is 9.50. The lowest BCUT2D eigenvalue weighted by Crippen LogP contribution is -3.12. The second-order valence-corrected chi connectivity index (χ2v) is 5.84. The van der Waals surface area contributed by atoms with Crippen molar-refractivity contribution in [2.75, 3.05) is 26.2 Å². The molecule has 0 aliphatic rings. The van der Waals surface area contributed by atoms with Crippen molar-refractivity contribution in [3.8, 4) is 5.75 Å². The van der Waals surface area contributed by atoms with Gasteiger partial charge in [0.25, 0.3) is 0 Å². The van der Waals surface area contributed by atoms with Crippen LogP contribution in [0.15, 0.2) is 43.0 Å². The third-order valence-corrected chi connectivity index (χ3v) is 3.85. The van der Waals surface area contributed by atoms with E-state index in [1.807, 2.05) is 30.3 Å². The first-order valence-corrected chi connectivity index (χ1v) is 8.72. The van der Waals surface area contributed by atoms with Gasteiger partial charge in [-0.05, 0) is 37.1 Å². The lowest BCUT2D eigenvalue weighted by atomic mass is 10.2. The van der Waals surface area contributed by atoms with Gasteiger partial charge in [0.15, 0.2) is 0 Å². The number of nitrogens with one attached hydrogen (secondary N) is 1. The molecule has 132 valence electrons. The molecule has 0 aliphatic carbocycles. The number of unbranched alkanes of at least 4 members (excludes halogenated alkanes) is 3. The number of hydrogen-bond donors (Lipinski definition) is 1. The van der Waals surface area contributed by atoms with Crippen molar-refractivity contribution in [3.63, 3.8) is 0 Å². The first-order chi connectivity index (χ1) is 11.7. The summed E-state index contributed by atoms with van der Waals surface area (Å²) in [5, 5.41) is 10.6. The number of aliphatic carboxylic acids is 1.